The third-order valence-electron chi connectivity index (χ3n) is 4.10. The van der Waals surface area contributed by atoms with Crippen molar-refractivity contribution in [3.05, 3.63) is 38.7 Å². The van der Waals surface area contributed by atoms with Crippen LogP contribution in [0.25, 0.3) is 0 Å². The summed E-state index contributed by atoms with van der Waals surface area (Å²) in [6, 6.07) is 5.64. The maximum Gasteiger partial charge on any atom is 0.262 e. The molecule has 2 unspecified atom stereocenters. The molecule has 2 aromatic rings. The van der Waals surface area contributed by atoms with Crippen molar-refractivity contribution in [2.75, 3.05) is 6.54 Å². The molecule has 9 heteroatoms. The van der Waals surface area contributed by atoms with Crippen LogP contribution in [-0.2, 0) is 16.6 Å². The molecule has 0 bridgehead atoms. The largest absolute Gasteiger partial charge is 0.348 e. The highest BCUT2D eigenvalue weighted by atomic mass is 32.2. The summed E-state index contributed by atoms with van der Waals surface area (Å²) in [5.41, 5.74) is 0. The lowest BCUT2D eigenvalue weighted by atomic mass is 10.0. The van der Waals surface area contributed by atoms with E-state index in [1.165, 1.54) is 17.4 Å². The fraction of sp³-hybridized carbons (Fsp3) is 0.438. The third-order valence-corrected chi connectivity index (χ3v) is 7.46. The van der Waals surface area contributed by atoms with Gasteiger partial charge in [-0.05, 0) is 49.2 Å². The lowest BCUT2D eigenvalue weighted by Gasteiger charge is -2.28. The van der Waals surface area contributed by atoms with Gasteiger partial charge in [0.25, 0.3) is 5.91 Å². The van der Waals surface area contributed by atoms with E-state index in [1.807, 2.05) is 17.5 Å². The van der Waals surface area contributed by atoms with Crippen LogP contribution in [0.4, 0.5) is 0 Å². The van der Waals surface area contributed by atoms with Crippen LogP contribution in [0.5, 0.6) is 0 Å². The first-order chi connectivity index (χ1) is 12.0. The average Bonchev–Trinajstić information content (AvgIpc) is 3.25. The van der Waals surface area contributed by atoms with E-state index in [2.05, 4.69) is 22.3 Å². The number of carbonyl (C=O) groups is 1. The number of hydrogen-bond acceptors (Lipinski definition) is 6. The standard InChI is InChI=1S/C16H21N3O3S3/c1-11-9-12(4-6-17-11)19-16(20)15-14(5-8-24-15)25(21,22)18-10-13-3-2-7-23-13/h2-3,5,7-8,11-12,17-18H,4,6,9-10H2,1H3,(H,19,20). The quantitative estimate of drug-likeness (QED) is 0.695. The molecule has 0 aliphatic carbocycles. The van der Waals surface area contributed by atoms with Gasteiger partial charge in [0, 0.05) is 23.5 Å². The first-order valence-electron chi connectivity index (χ1n) is 8.09. The monoisotopic (exact) mass is 399 g/mol. The maximum absolute atomic E-state index is 12.6. The highest BCUT2D eigenvalue weighted by molar-refractivity contribution is 7.89. The lowest BCUT2D eigenvalue weighted by molar-refractivity contribution is 0.0927. The van der Waals surface area contributed by atoms with Crippen molar-refractivity contribution >= 4 is 38.6 Å². The summed E-state index contributed by atoms with van der Waals surface area (Å²) in [6.45, 7) is 3.15. The van der Waals surface area contributed by atoms with Crippen molar-refractivity contribution in [2.45, 2.75) is 43.3 Å². The van der Waals surface area contributed by atoms with Crippen LogP contribution in [0.2, 0.25) is 0 Å². The van der Waals surface area contributed by atoms with E-state index < -0.39 is 10.0 Å². The van der Waals surface area contributed by atoms with Gasteiger partial charge < -0.3 is 10.6 Å². The molecule has 1 amide bonds. The fourth-order valence-corrected chi connectivity index (χ4v) is 5.92. The first kappa shape index (κ1) is 18.5. The summed E-state index contributed by atoms with van der Waals surface area (Å²) in [7, 11) is -3.73. The van der Waals surface area contributed by atoms with E-state index in [4.69, 9.17) is 0 Å². The third kappa shape index (κ3) is 4.68. The molecule has 6 nitrogen and oxygen atoms in total. The van der Waals surface area contributed by atoms with Crippen molar-refractivity contribution in [1.82, 2.24) is 15.4 Å². The molecular formula is C16H21N3O3S3. The van der Waals surface area contributed by atoms with Crippen LogP contribution in [0.15, 0.2) is 33.9 Å². The molecule has 1 saturated heterocycles. The zero-order valence-electron chi connectivity index (χ0n) is 13.8. The molecule has 1 fully saturated rings. The van der Waals surface area contributed by atoms with Crippen LogP contribution in [0.3, 0.4) is 0 Å². The highest BCUT2D eigenvalue weighted by Crippen LogP contribution is 2.23. The van der Waals surface area contributed by atoms with Gasteiger partial charge in [-0.1, -0.05) is 6.07 Å². The second-order valence-electron chi connectivity index (χ2n) is 6.07. The van der Waals surface area contributed by atoms with Gasteiger partial charge in [0.1, 0.15) is 9.77 Å². The van der Waals surface area contributed by atoms with E-state index >= 15 is 0 Å². The smallest absolute Gasteiger partial charge is 0.262 e. The maximum atomic E-state index is 12.6. The van der Waals surface area contributed by atoms with Gasteiger partial charge in [0.05, 0.1) is 0 Å². The molecule has 3 heterocycles. The van der Waals surface area contributed by atoms with Crippen molar-refractivity contribution in [2.24, 2.45) is 0 Å². The predicted octanol–water partition coefficient (Wildman–Crippen LogP) is 2.16. The van der Waals surface area contributed by atoms with E-state index in [0.717, 1.165) is 35.6 Å². The van der Waals surface area contributed by atoms with Crippen LogP contribution in [0.1, 0.15) is 34.3 Å². The van der Waals surface area contributed by atoms with E-state index in [0.29, 0.717) is 6.04 Å². The number of nitrogens with one attached hydrogen (secondary N) is 3. The molecule has 2 aromatic heterocycles. The minimum Gasteiger partial charge on any atom is -0.348 e. The van der Waals surface area contributed by atoms with E-state index in [1.54, 1.807) is 5.38 Å². The summed E-state index contributed by atoms with van der Waals surface area (Å²) in [4.78, 5) is 13.8. The molecule has 1 aliphatic heterocycles. The molecule has 25 heavy (non-hydrogen) atoms. The molecule has 3 rings (SSSR count). The zero-order chi connectivity index (χ0) is 17.9. The zero-order valence-corrected chi connectivity index (χ0v) is 16.3. The van der Waals surface area contributed by atoms with E-state index in [9.17, 15) is 13.2 Å². The summed E-state index contributed by atoms with van der Waals surface area (Å²) >= 11 is 2.64. The normalized spacial score (nSPS) is 21.2. The molecule has 1 aliphatic rings. The van der Waals surface area contributed by atoms with Gasteiger partial charge in [-0.15, -0.1) is 22.7 Å². The molecule has 0 saturated carbocycles. The van der Waals surface area contributed by atoms with Crippen molar-refractivity contribution in [3.63, 3.8) is 0 Å². The second-order valence-corrected chi connectivity index (χ2v) is 9.75. The van der Waals surface area contributed by atoms with Gasteiger partial charge >= 0.3 is 0 Å². The first-order valence-corrected chi connectivity index (χ1v) is 11.3. The number of amides is 1. The minimum absolute atomic E-state index is 0.0496. The highest BCUT2D eigenvalue weighted by Gasteiger charge is 2.26. The molecule has 2 atom stereocenters. The minimum atomic E-state index is -3.73. The molecule has 3 N–H and O–H groups in total. The Morgan fingerprint density at radius 2 is 2.16 bits per heavy atom. The van der Waals surface area contributed by atoms with Gasteiger partial charge in [0.15, 0.2) is 0 Å². The van der Waals surface area contributed by atoms with Gasteiger partial charge in [-0.3, -0.25) is 4.79 Å². The van der Waals surface area contributed by atoms with Gasteiger partial charge in [-0.2, -0.15) is 0 Å². The van der Waals surface area contributed by atoms with Crippen LogP contribution in [0, 0.1) is 0 Å². The summed E-state index contributed by atoms with van der Waals surface area (Å²) < 4.78 is 27.7. The summed E-state index contributed by atoms with van der Waals surface area (Å²) in [5.74, 6) is -0.314. The lowest BCUT2D eigenvalue weighted by Crippen LogP contribution is -2.46. The number of hydrogen-bond donors (Lipinski definition) is 3. The predicted molar refractivity (Wildman–Crippen MR) is 101 cm³/mol. The number of sulfonamides is 1. The van der Waals surface area contributed by atoms with Crippen molar-refractivity contribution in [1.29, 1.82) is 0 Å². The Kier molecular flexibility index (Phi) is 5.90. The number of thiophene rings is 2. The molecular weight excluding hydrogens is 378 g/mol. The molecule has 0 aromatic carbocycles. The Bertz CT molecular complexity index is 815. The Morgan fingerprint density at radius 1 is 1.32 bits per heavy atom. The molecule has 0 radical (unpaired) electrons. The Hall–Kier alpha value is -1.26. The number of carbonyl (C=O) groups excluding carboxylic acids is 1. The fourth-order valence-electron chi connectivity index (χ4n) is 2.85. The Balaban J connectivity index is 1.69. The van der Waals surface area contributed by atoms with Gasteiger partial charge in [0.2, 0.25) is 10.0 Å². The number of piperidine rings is 1. The topological polar surface area (TPSA) is 87.3 Å². The SMILES string of the molecule is CC1CC(NC(=O)c2sccc2S(=O)(=O)NCc2cccs2)CCN1. The number of rotatable bonds is 6. The summed E-state index contributed by atoms with van der Waals surface area (Å²) in [5, 5.41) is 9.84. The second kappa shape index (κ2) is 7.96. The Labute approximate surface area is 155 Å². The van der Waals surface area contributed by atoms with Crippen LogP contribution >= 0.6 is 22.7 Å². The summed E-state index contributed by atoms with van der Waals surface area (Å²) in [6.07, 6.45) is 1.69. The Morgan fingerprint density at radius 3 is 2.88 bits per heavy atom. The van der Waals surface area contributed by atoms with Crippen LogP contribution < -0.4 is 15.4 Å². The van der Waals surface area contributed by atoms with E-state index in [-0.39, 0.29) is 28.3 Å². The van der Waals surface area contributed by atoms with Crippen molar-refractivity contribution < 1.29 is 13.2 Å². The average molecular weight is 400 g/mol. The molecule has 0 spiro atoms. The van der Waals surface area contributed by atoms with Gasteiger partial charge in [-0.25, -0.2) is 13.1 Å². The molecule has 136 valence electrons. The van der Waals surface area contributed by atoms with Crippen LogP contribution in [-0.4, -0.2) is 33.0 Å². The van der Waals surface area contributed by atoms with Crippen molar-refractivity contribution in [3.8, 4) is 0 Å².